The molecule has 2 unspecified atom stereocenters. The lowest BCUT2D eigenvalue weighted by Crippen LogP contribution is -2.44. The highest BCUT2D eigenvalue weighted by Crippen LogP contribution is 2.37. The predicted octanol–water partition coefficient (Wildman–Crippen LogP) is 2.48. The fourth-order valence-corrected chi connectivity index (χ4v) is 6.87. The molecule has 3 aromatic rings. The van der Waals surface area contributed by atoms with Crippen molar-refractivity contribution in [1.29, 1.82) is 0 Å². The minimum Gasteiger partial charge on any atom is -0.493 e. The molecule has 0 amide bonds. The smallest absolute Gasteiger partial charge is 0.253 e. The Morgan fingerprint density at radius 2 is 1.97 bits per heavy atom. The zero-order valence-corrected chi connectivity index (χ0v) is 21.9. The number of ether oxygens (including phenoxy) is 3. The van der Waals surface area contributed by atoms with Crippen molar-refractivity contribution in [2.24, 2.45) is 0 Å². The van der Waals surface area contributed by atoms with Gasteiger partial charge in [0.25, 0.3) is 5.56 Å². The Bertz CT molecular complexity index is 1490. The first-order valence-electron chi connectivity index (χ1n) is 12.2. The van der Waals surface area contributed by atoms with Crippen molar-refractivity contribution in [2.45, 2.75) is 42.8 Å². The number of methoxy groups -OCH3 is 2. The lowest BCUT2D eigenvalue weighted by Gasteiger charge is -2.31. The monoisotopic (exact) mass is 529 g/mol. The Morgan fingerprint density at radius 1 is 1.16 bits per heavy atom. The number of likely N-dealkylation sites (N-methyl/N-ethyl adjacent to an activating group) is 1. The highest BCUT2D eigenvalue weighted by Gasteiger charge is 2.39. The van der Waals surface area contributed by atoms with E-state index >= 15 is 0 Å². The molecule has 0 saturated heterocycles. The molecule has 2 atom stereocenters. The fraction of sp³-hybridized carbons (Fsp3) is 0.423. The van der Waals surface area contributed by atoms with Crippen LogP contribution in [-0.2, 0) is 16.6 Å². The molecular formula is C26H31N3O7S. The third kappa shape index (κ3) is 4.51. The topological polar surface area (TPSA) is 121 Å². The Balaban J connectivity index is 1.58. The van der Waals surface area contributed by atoms with Gasteiger partial charge in [0.1, 0.15) is 12.4 Å². The van der Waals surface area contributed by atoms with Gasteiger partial charge in [-0.2, -0.15) is 4.31 Å². The second-order valence-corrected chi connectivity index (χ2v) is 11.3. The van der Waals surface area contributed by atoms with Crippen LogP contribution < -0.4 is 24.7 Å². The highest BCUT2D eigenvalue weighted by molar-refractivity contribution is 7.89. The van der Waals surface area contributed by atoms with Crippen LogP contribution in [0.2, 0.25) is 0 Å². The van der Waals surface area contributed by atoms with Crippen molar-refractivity contribution in [3.8, 4) is 17.2 Å². The third-order valence-electron chi connectivity index (χ3n) is 7.21. The van der Waals surface area contributed by atoms with Crippen LogP contribution >= 0.6 is 0 Å². The maximum Gasteiger partial charge on any atom is 0.253 e. The summed E-state index contributed by atoms with van der Waals surface area (Å²) in [6, 6.07) is 9.31. The van der Waals surface area contributed by atoms with E-state index in [2.05, 4.69) is 4.98 Å². The first-order valence-corrected chi connectivity index (χ1v) is 13.6. The molecule has 37 heavy (non-hydrogen) atoms. The molecule has 5 rings (SSSR count). The summed E-state index contributed by atoms with van der Waals surface area (Å²) in [5.74, 6) is 1.35. The van der Waals surface area contributed by atoms with E-state index in [1.54, 1.807) is 30.3 Å². The van der Waals surface area contributed by atoms with Crippen molar-refractivity contribution < 1.29 is 27.7 Å². The number of hydrogen-bond donors (Lipinski definition) is 2. The van der Waals surface area contributed by atoms with Gasteiger partial charge in [0.15, 0.2) is 11.5 Å². The molecule has 1 aliphatic heterocycles. The number of anilines is 1. The maximum absolute atomic E-state index is 14.0. The first-order chi connectivity index (χ1) is 17.7. The Hall–Kier alpha value is -3.28. The highest BCUT2D eigenvalue weighted by atomic mass is 32.2. The van der Waals surface area contributed by atoms with Crippen LogP contribution in [0, 0.1) is 0 Å². The predicted molar refractivity (Wildman–Crippen MR) is 139 cm³/mol. The molecule has 0 spiro atoms. The molecule has 2 heterocycles. The summed E-state index contributed by atoms with van der Waals surface area (Å²) in [6.07, 6.45) is 0.876. The second-order valence-electron chi connectivity index (χ2n) is 9.40. The number of benzene rings is 2. The largest absolute Gasteiger partial charge is 0.493 e. The molecule has 0 radical (unpaired) electrons. The van der Waals surface area contributed by atoms with Crippen LogP contribution in [0.15, 0.2) is 46.1 Å². The standard InChI is InChI=1S/C26H31N3O7S/c1-28-11-12-36-23-14-18(8-9-20(23)28)37(32,33)29(19-5-4-6-21(19)30)15-17-13-16-7-10-22(34-2)25(35-3)24(16)27-26(17)31/h7-10,13-14,19,21,30H,4-6,11-12,15H2,1-3H3,(H,27,31). The van der Waals surface area contributed by atoms with Crippen LogP contribution in [0.3, 0.4) is 0 Å². The van der Waals surface area contributed by atoms with Gasteiger partial charge in [0.2, 0.25) is 10.0 Å². The fourth-order valence-electron chi connectivity index (χ4n) is 5.20. The van der Waals surface area contributed by atoms with E-state index in [-0.39, 0.29) is 17.0 Å². The van der Waals surface area contributed by atoms with Crippen LogP contribution in [0.1, 0.15) is 24.8 Å². The number of aromatic amines is 1. The van der Waals surface area contributed by atoms with Crippen molar-refractivity contribution in [3.05, 3.63) is 52.3 Å². The summed E-state index contributed by atoms with van der Waals surface area (Å²) >= 11 is 0. The minimum atomic E-state index is -4.08. The second kappa shape index (κ2) is 9.88. The normalized spacial score (nSPS) is 19.6. The van der Waals surface area contributed by atoms with Crippen LogP contribution in [0.25, 0.3) is 10.9 Å². The first kappa shape index (κ1) is 25.4. The molecule has 0 bridgehead atoms. The minimum absolute atomic E-state index is 0.0595. The van der Waals surface area contributed by atoms with Crippen LogP contribution in [-0.4, -0.2) is 69.4 Å². The zero-order chi connectivity index (χ0) is 26.3. The third-order valence-corrected chi connectivity index (χ3v) is 9.08. The molecule has 1 saturated carbocycles. The van der Waals surface area contributed by atoms with Gasteiger partial charge < -0.3 is 29.2 Å². The summed E-state index contributed by atoms with van der Waals surface area (Å²) < 4.78 is 45.7. The molecule has 1 fully saturated rings. The van der Waals surface area contributed by atoms with Gasteiger partial charge in [0, 0.05) is 30.6 Å². The van der Waals surface area contributed by atoms with E-state index < -0.39 is 27.7 Å². The van der Waals surface area contributed by atoms with E-state index in [0.717, 1.165) is 5.69 Å². The number of aromatic nitrogens is 1. The Kier molecular flexibility index (Phi) is 6.78. The van der Waals surface area contributed by atoms with E-state index in [4.69, 9.17) is 14.2 Å². The average molecular weight is 530 g/mol. The summed E-state index contributed by atoms with van der Waals surface area (Å²) in [4.78, 5) is 18.1. The van der Waals surface area contributed by atoms with E-state index in [0.29, 0.717) is 60.6 Å². The van der Waals surface area contributed by atoms with Gasteiger partial charge in [-0.1, -0.05) is 0 Å². The van der Waals surface area contributed by atoms with Gasteiger partial charge in [-0.25, -0.2) is 8.42 Å². The SMILES string of the molecule is COc1ccc2cc(CN(C3CCCC3O)S(=O)(=O)c3ccc4c(c3)OCCN4C)c(=O)[nH]c2c1OC. The van der Waals surface area contributed by atoms with Crippen molar-refractivity contribution in [1.82, 2.24) is 9.29 Å². The lowest BCUT2D eigenvalue weighted by molar-refractivity contribution is 0.110. The molecule has 2 N–H and O–H groups in total. The van der Waals surface area contributed by atoms with E-state index in [1.165, 1.54) is 24.6 Å². The van der Waals surface area contributed by atoms with Gasteiger partial charge in [-0.3, -0.25) is 4.79 Å². The van der Waals surface area contributed by atoms with Crippen molar-refractivity contribution in [2.75, 3.05) is 39.3 Å². The number of pyridine rings is 1. The van der Waals surface area contributed by atoms with Gasteiger partial charge in [0.05, 0.1) is 49.0 Å². The quantitative estimate of drug-likeness (QED) is 0.479. The molecule has 10 nitrogen and oxygen atoms in total. The van der Waals surface area contributed by atoms with Crippen LogP contribution in [0.5, 0.6) is 17.2 Å². The summed E-state index contributed by atoms with van der Waals surface area (Å²) in [6.45, 7) is 0.973. The number of aliphatic hydroxyl groups is 1. The van der Waals surface area contributed by atoms with Gasteiger partial charge in [-0.15, -0.1) is 0 Å². The number of sulfonamides is 1. The molecule has 198 valence electrons. The molecule has 2 aromatic carbocycles. The number of hydrogen-bond acceptors (Lipinski definition) is 8. The van der Waals surface area contributed by atoms with Crippen molar-refractivity contribution >= 4 is 26.6 Å². The number of nitrogens with zero attached hydrogens (tertiary/aromatic N) is 2. The van der Waals surface area contributed by atoms with Gasteiger partial charge >= 0.3 is 0 Å². The summed E-state index contributed by atoms with van der Waals surface area (Å²) in [5.41, 5.74) is 1.09. The summed E-state index contributed by atoms with van der Waals surface area (Å²) in [5, 5.41) is 11.4. The molecule has 11 heteroatoms. The maximum atomic E-state index is 14.0. The Morgan fingerprint density at radius 3 is 2.68 bits per heavy atom. The van der Waals surface area contributed by atoms with E-state index in [9.17, 15) is 18.3 Å². The molecule has 2 aliphatic rings. The van der Waals surface area contributed by atoms with E-state index in [1.807, 2.05) is 11.9 Å². The van der Waals surface area contributed by atoms with Crippen molar-refractivity contribution in [3.63, 3.8) is 0 Å². The number of fused-ring (bicyclic) bond motifs is 2. The van der Waals surface area contributed by atoms with Gasteiger partial charge in [-0.05, 0) is 49.6 Å². The lowest BCUT2D eigenvalue weighted by atomic mass is 10.1. The number of nitrogens with one attached hydrogen (secondary N) is 1. The number of rotatable bonds is 7. The average Bonchev–Trinajstić information content (AvgIpc) is 3.31. The molecular weight excluding hydrogens is 498 g/mol. The Labute approximate surface area is 215 Å². The molecule has 1 aliphatic carbocycles. The molecule has 1 aromatic heterocycles. The zero-order valence-electron chi connectivity index (χ0n) is 21.1. The summed E-state index contributed by atoms with van der Waals surface area (Å²) in [7, 11) is 0.836. The number of aliphatic hydroxyl groups excluding tert-OH is 1. The van der Waals surface area contributed by atoms with Crippen LogP contribution in [0.4, 0.5) is 5.69 Å². The number of H-pyrrole nitrogens is 1.